The molecule has 0 atom stereocenters. The van der Waals surface area contributed by atoms with Gasteiger partial charge in [0.2, 0.25) is 23.6 Å². The molecule has 0 radical (unpaired) electrons. The van der Waals surface area contributed by atoms with E-state index in [1.165, 1.54) is 0 Å². The third kappa shape index (κ3) is 4.57. The van der Waals surface area contributed by atoms with Crippen LogP contribution in [0.15, 0.2) is 57.4 Å². The highest BCUT2D eigenvalue weighted by molar-refractivity contribution is 7.89. The average molecular weight is 410 g/mol. The fraction of sp³-hybridized carbons (Fsp3) is 0.200. The Morgan fingerprint density at radius 1 is 0.655 bits per heavy atom. The van der Waals surface area contributed by atoms with Crippen LogP contribution >= 0.6 is 0 Å². The molecule has 4 aromatic rings. The number of hydrogen-bond donors (Lipinski definition) is 0. The lowest BCUT2D eigenvalue weighted by molar-refractivity contribution is 0.506. The van der Waals surface area contributed by atoms with Gasteiger partial charge in [-0.3, -0.25) is 0 Å². The smallest absolute Gasteiger partial charge is 0.247 e. The van der Waals surface area contributed by atoms with Crippen molar-refractivity contribution < 1.29 is 17.3 Å². The van der Waals surface area contributed by atoms with E-state index in [9.17, 15) is 8.42 Å². The molecule has 2 aromatic carbocycles. The molecule has 0 aliphatic heterocycles. The van der Waals surface area contributed by atoms with Crippen molar-refractivity contribution in [2.45, 2.75) is 25.4 Å². The zero-order chi connectivity index (χ0) is 20.4. The molecule has 0 amide bonds. The van der Waals surface area contributed by atoms with Crippen molar-refractivity contribution in [3.8, 4) is 22.9 Å². The Bertz CT molecular complexity index is 1130. The molecule has 0 fully saturated rings. The molecular weight excluding hydrogens is 392 g/mol. The van der Waals surface area contributed by atoms with Crippen LogP contribution in [0.2, 0.25) is 0 Å². The summed E-state index contributed by atoms with van der Waals surface area (Å²) >= 11 is 0. The molecule has 0 N–H and O–H groups in total. The molecule has 0 aliphatic rings. The minimum Gasteiger partial charge on any atom is -0.420 e. The highest BCUT2D eigenvalue weighted by Gasteiger charge is 2.22. The third-order valence-corrected chi connectivity index (χ3v) is 5.59. The average Bonchev–Trinajstić information content (AvgIpc) is 3.32. The summed E-state index contributed by atoms with van der Waals surface area (Å²) in [5, 5.41) is 15.5. The summed E-state index contributed by atoms with van der Waals surface area (Å²) in [5.74, 6) is -0.246. The normalized spacial score (nSPS) is 11.7. The molecule has 2 aromatic heterocycles. The van der Waals surface area contributed by atoms with E-state index in [0.717, 1.165) is 22.3 Å². The van der Waals surface area contributed by atoms with Gasteiger partial charge in [-0.1, -0.05) is 35.4 Å². The van der Waals surface area contributed by atoms with Crippen molar-refractivity contribution in [3.05, 3.63) is 71.4 Å². The SMILES string of the molecule is Cc1ccc(-c2nnc(CS(=O)(=O)Cc3nnc(-c4ccc(C)cc4)o3)o2)cc1. The standard InChI is InChI=1S/C20H18N4O4S/c1-13-3-7-15(8-4-13)19-23-21-17(27-19)11-29(25,26)12-18-22-24-20(28-18)16-9-5-14(2)6-10-16/h3-10H,11-12H2,1-2H3. The van der Waals surface area contributed by atoms with Gasteiger partial charge in [0.25, 0.3) is 0 Å². The van der Waals surface area contributed by atoms with Crippen molar-refractivity contribution in [2.24, 2.45) is 0 Å². The summed E-state index contributed by atoms with van der Waals surface area (Å²) in [7, 11) is -3.63. The summed E-state index contributed by atoms with van der Waals surface area (Å²) in [6.07, 6.45) is 0. The topological polar surface area (TPSA) is 112 Å². The Kier molecular flexibility index (Phi) is 4.98. The third-order valence-electron chi connectivity index (χ3n) is 4.22. The highest BCUT2D eigenvalue weighted by Crippen LogP contribution is 2.22. The first-order valence-electron chi connectivity index (χ1n) is 8.87. The van der Waals surface area contributed by atoms with Crippen molar-refractivity contribution in [2.75, 3.05) is 0 Å². The van der Waals surface area contributed by atoms with E-state index in [2.05, 4.69) is 20.4 Å². The van der Waals surface area contributed by atoms with Gasteiger partial charge in [0.15, 0.2) is 9.84 Å². The lowest BCUT2D eigenvalue weighted by Crippen LogP contribution is -2.08. The lowest BCUT2D eigenvalue weighted by atomic mass is 10.1. The molecule has 2 heterocycles. The predicted octanol–water partition coefficient (Wildman–Crippen LogP) is 3.52. The van der Waals surface area contributed by atoms with Gasteiger partial charge in [-0.15, -0.1) is 20.4 Å². The molecule has 0 aliphatic carbocycles. The maximum absolute atomic E-state index is 12.5. The zero-order valence-corrected chi connectivity index (χ0v) is 16.7. The summed E-state index contributed by atoms with van der Waals surface area (Å²) in [6, 6.07) is 15.0. The number of nitrogens with zero attached hydrogens (tertiary/aromatic N) is 4. The van der Waals surface area contributed by atoms with Crippen LogP contribution in [0.4, 0.5) is 0 Å². The van der Waals surface area contributed by atoms with Gasteiger partial charge in [0.05, 0.1) is 0 Å². The van der Waals surface area contributed by atoms with E-state index in [1.54, 1.807) is 0 Å². The summed E-state index contributed by atoms with van der Waals surface area (Å²) < 4.78 is 36.0. The maximum atomic E-state index is 12.5. The second-order valence-electron chi connectivity index (χ2n) is 6.77. The van der Waals surface area contributed by atoms with Gasteiger partial charge in [-0.25, -0.2) is 8.42 Å². The molecule has 8 nitrogen and oxygen atoms in total. The van der Waals surface area contributed by atoms with Crippen molar-refractivity contribution in [3.63, 3.8) is 0 Å². The second-order valence-corrected chi connectivity index (χ2v) is 8.83. The monoisotopic (exact) mass is 410 g/mol. The fourth-order valence-corrected chi connectivity index (χ4v) is 3.76. The fourth-order valence-electron chi connectivity index (χ4n) is 2.68. The van der Waals surface area contributed by atoms with Gasteiger partial charge in [-0.2, -0.15) is 0 Å². The first kappa shape index (κ1) is 19.0. The van der Waals surface area contributed by atoms with Crippen molar-refractivity contribution >= 4 is 9.84 Å². The number of aromatic nitrogens is 4. The van der Waals surface area contributed by atoms with Gasteiger partial charge in [-0.05, 0) is 38.1 Å². The van der Waals surface area contributed by atoms with E-state index in [0.29, 0.717) is 0 Å². The molecule has 0 bridgehead atoms. The molecule has 9 heteroatoms. The van der Waals surface area contributed by atoms with Crippen molar-refractivity contribution in [1.29, 1.82) is 0 Å². The van der Waals surface area contributed by atoms with Gasteiger partial charge in [0.1, 0.15) is 11.5 Å². The largest absolute Gasteiger partial charge is 0.420 e. The van der Waals surface area contributed by atoms with E-state index < -0.39 is 21.3 Å². The Labute approximate surface area is 167 Å². The Morgan fingerprint density at radius 2 is 1.03 bits per heavy atom. The predicted molar refractivity (Wildman–Crippen MR) is 105 cm³/mol. The zero-order valence-electron chi connectivity index (χ0n) is 15.9. The van der Waals surface area contributed by atoms with E-state index >= 15 is 0 Å². The van der Waals surface area contributed by atoms with Crippen LogP contribution in [-0.2, 0) is 21.3 Å². The van der Waals surface area contributed by atoms with Crippen LogP contribution in [0.3, 0.4) is 0 Å². The molecule has 29 heavy (non-hydrogen) atoms. The van der Waals surface area contributed by atoms with Crippen LogP contribution in [0.25, 0.3) is 22.9 Å². The van der Waals surface area contributed by atoms with Crippen LogP contribution in [0.5, 0.6) is 0 Å². The molecule has 0 spiro atoms. The molecular formula is C20H18N4O4S. The number of aryl methyl sites for hydroxylation is 2. The highest BCUT2D eigenvalue weighted by atomic mass is 32.2. The van der Waals surface area contributed by atoms with E-state index in [1.807, 2.05) is 62.4 Å². The van der Waals surface area contributed by atoms with Crippen LogP contribution in [0, 0.1) is 13.8 Å². The van der Waals surface area contributed by atoms with E-state index in [4.69, 9.17) is 8.83 Å². The number of hydrogen-bond acceptors (Lipinski definition) is 8. The lowest BCUT2D eigenvalue weighted by Gasteiger charge is -1.98. The Balaban J connectivity index is 1.46. The number of benzene rings is 2. The van der Waals surface area contributed by atoms with Crippen LogP contribution in [-0.4, -0.2) is 28.8 Å². The first-order chi connectivity index (χ1) is 13.9. The second kappa shape index (κ2) is 7.59. The van der Waals surface area contributed by atoms with Gasteiger partial charge >= 0.3 is 0 Å². The minimum absolute atomic E-state index is 0.0128. The van der Waals surface area contributed by atoms with Crippen LogP contribution < -0.4 is 0 Å². The molecule has 0 saturated carbocycles. The quantitative estimate of drug-likeness (QED) is 0.475. The first-order valence-corrected chi connectivity index (χ1v) is 10.7. The maximum Gasteiger partial charge on any atom is 0.247 e. The molecule has 4 rings (SSSR count). The molecule has 0 unspecified atom stereocenters. The van der Waals surface area contributed by atoms with Crippen LogP contribution in [0.1, 0.15) is 22.9 Å². The summed E-state index contributed by atoms with van der Waals surface area (Å²) in [5.41, 5.74) is 3.65. The Hall–Kier alpha value is -3.33. The number of rotatable bonds is 6. The van der Waals surface area contributed by atoms with Crippen molar-refractivity contribution in [1.82, 2.24) is 20.4 Å². The number of sulfone groups is 1. The van der Waals surface area contributed by atoms with Gasteiger partial charge in [0, 0.05) is 11.1 Å². The molecule has 0 saturated heterocycles. The minimum atomic E-state index is -3.63. The van der Waals surface area contributed by atoms with E-state index in [-0.39, 0.29) is 23.6 Å². The summed E-state index contributed by atoms with van der Waals surface area (Å²) in [4.78, 5) is 0. The van der Waals surface area contributed by atoms with Gasteiger partial charge < -0.3 is 8.83 Å². The molecule has 148 valence electrons. The Morgan fingerprint density at radius 3 is 1.41 bits per heavy atom. The summed E-state index contributed by atoms with van der Waals surface area (Å²) in [6.45, 7) is 3.94.